The highest BCUT2D eigenvalue weighted by Crippen LogP contribution is 2.10. The summed E-state index contributed by atoms with van der Waals surface area (Å²) >= 11 is 0. The van der Waals surface area contributed by atoms with Gasteiger partial charge in [0.15, 0.2) is 0 Å². The maximum absolute atomic E-state index is 5.31. The van der Waals surface area contributed by atoms with Crippen LogP contribution >= 0.6 is 0 Å². The van der Waals surface area contributed by atoms with Gasteiger partial charge in [0.1, 0.15) is 0 Å². The summed E-state index contributed by atoms with van der Waals surface area (Å²) in [5.41, 5.74) is 1.22. The van der Waals surface area contributed by atoms with E-state index in [4.69, 9.17) is 8.85 Å². The molecule has 0 aromatic heterocycles. The average molecular weight is 295 g/mol. The number of hydrogen-bond acceptors (Lipinski definition) is 3. The van der Waals surface area contributed by atoms with Gasteiger partial charge in [-0.15, -0.1) is 0 Å². The zero-order valence-corrected chi connectivity index (χ0v) is 14.1. The van der Waals surface area contributed by atoms with Crippen molar-refractivity contribution in [3.8, 4) is 0 Å². The van der Waals surface area contributed by atoms with Gasteiger partial charge < -0.3 is 14.2 Å². The number of rotatable bonds is 12. The first-order chi connectivity index (χ1) is 9.86. The lowest BCUT2D eigenvalue weighted by Gasteiger charge is -2.10. The Kier molecular flexibility index (Phi) is 10.3. The molecule has 0 aliphatic carbocycles. The van der Waals surface area contributed by atoms with Crippen LogP contribution in [0.5, 0.6) is 0 Å². The molecule has 4 heteroatoms. The molecule has 1 rings (SSSR count). The Morgan fingerprint density at radius 2 is 1.45 bits per heavy atom. The van der Waals surface area contributed by atoms with Crippen molar-refractivity contribution < 1.29 is 8.85 Å². The molecular weight excluding hydrogens is 266 g/mol. The maximum Gasteiger partial charge on any atom is 0.320 e. The average Bonchev–Trinajstić information content (AvgIpc) is 2.50. The zero-order chi connectivity index (χ0) is 14.5. The number of anilines is 1. The van der Waals surface area contributed by atoms with Crippen LogP contribution in [0.3, 0.4) is 0 Å². The van der Waals surface area contributed by atoms with Crippen LogP contribution in [0.2, 0.25) is 6.04 Å². The summed E-state index contributed by atoms with van der Waals surface area (Å²) in [6.45, 7) is 1.08. The van der Waals surface area contributed by atoms with Crippen molar-refractivity contribution >= 4 is 15.0 Å². The van der Waals surface area contributed by atoms with E-state index in [9.17, 15) is 0 Å². The van der Waals surface area contributed by atoms with Gasteiger partial charge in [-0.1, -0.05) is 50.3 Å². The van der Waals surface area contributed by atoms with E-state index < -0.39 is 9.28 Å². The summed E-state index contributed by atoms with van der Waals surface area (Å²) in [4.78, 5) is 0. The minimum Gasteiger partial charge on any atom is -0.400 e. The molecule has 20 heavy (non-hydrogen) atoms. The Bertz CT molecular complexity index is 318. The van der Waals surface area contributed by atoms with Crippen LogP contribution in [0.1, 0.15) is 38.5 Å². The van der Waals surface area contributed by atoms with Crippen molar-refractivity contribution in [2.24, 2.45) is 0 Å². The van der Waals surface area contributed by atoms with Gasteiger partial charge in [-0.25, -0.2) is 0 Å². The normalized spacial score (nSPS) is 10.9. The van der Waals surface area contributed by atoms with Gasteiger partial charge in [-0.05, 0) is 24.6 Å². The third-order valence-electron chi connectivity index (χ3n) is 3.50. The van der Waals surface area contributed by atoms with Gasteiger partial charge in [0, 0.05) is 26.5 Å². The van der Waals surface area contributed by atoms with Crippen LogP contribution in [-0.4, -0.2) is 30.0 Å². The van der Waals surface area contributed by atoms with Gasteiger partial charge in [-0.3, -0.25) is 0 Å². The fourth-order valence-electron chi connectivity index (χ4n) is 2.26. The van der Waals surface area contributed by atoms with Crippen molar-refractivity contribution in [1.29, 1.82) is 0 Å². The maximum atomic E-state index is 5.31. The van der Waals surface area contributed by atoms with Crippen LogP contribution < -0.4 is 5.32 Å². The minimum atomic E-state index is -1.31. The highest BCUT2D eigenvalue weighted by atomic mass is 28.3. The lowest BCUT2D eigenvalue weighted by molar-refractivity contribution is 0.276. The Balaban J connectivity index is 1.85. The Morgan fingerprint density at radius 1 is 0.850 bits per heavy atom. The molecule has 0 amide bonds. The summed E-state index contributed by atoms with van der Waals surface area (Å²) < 4.78 is 10.6. The number of para-hydroxylation sites is 1. The molecule has 0 spiro atoms. The van der Waals surface area contributed by atoms with Crippen molar-refractivity contribution in [1.82, 2.24) is 0 Å². The van der Waals surface area contributed by atoms with Crippen LogP contribution in [0.4, 0.5) is 5.69 Å². The Labute approximate surface area is 125 Å². The van der Waals surface area contributed by atoms with E-state index in [0.29, 0.717) is 0 Å². The molecule has 0 saturated heterocycles. The summed E-state index contributed by atoms with van der Waals surface area (Å²) in [5.74, 6) is 0. The molecule has 0 aliphatic heterocycles. The van der Waals surface area contributed by atoms with E-state index in [1.807, 2.05) is 6.07 Å². The van der Waals surface area contributed by atoms with E-state index in [0.717, 1.165) is 12.6 Å². The summed E-state index contributed by atoms with van der Waals surface area (Å²) in [5, 5.41) is 3.45. The standard InChI is InChI=1S/C16H29NO2Si/c1-18-20(19-2)15-11-6-4-3-5-10-14-17-16-12-8-7-9-13-16/h7-9,12-13,17,20H,3-6,10-11,14-15H2,1-2H3. The van der Waals surface area contributed by atoms with Crippen molar-refractivity contribution in [3.05, 3.63) is 30.3 Å². The second kappa shape index (κ2) is 11.9. The number of benzene rings is 1. The lowest BCUT2D eigenvalue weighted by Crippen LogP contribution is -2.18. The zero-order valence-electron chi connectivity index (χ0n) is 12.9. The smallest absolute Gasteiger partial charge is 0.320 e. The molecule has 1 aromatic carbocycles. The molecule has 0 unspecified atom stereocenters. The lowest BCUT2D eigenvalue weighted by atomic mass is 10.1. The van der Waals surface area contributed by atoms with Crippen molar-refractivity contribution in [3.63, 3.8) is 0 Å². The molecule has 0 bridgehead atoms. The minimum absolute atomic E-state index is 1.08. The predicted octanol–water partition coefficient (Wildman–Crippen LogP) is 3.95. The van der Waals surface area contributed by atoms with E-state index >= 15 is 0 Å². The summed E-state index contributed by atoms with van der Waals surface area (Å²) in [6.07, 6.45) is 7.80. The second-order valence-electron chi connectivity index (χ2n) is 5.10. The van der Waals surface area contributed by atoms with Gasteiger partial charge in [0.05, 0.1) is 0 Å². The second-order valence-corrected chi connectivity index (χ2v) is 7.48. The van der Waals surface area contributed by atoms with E-state index in [1.54, 1.807) is 14.2 Å². The van der Waals surface area contributed by atoms with Crippen LogP contribution in [0.25, 0.3) is 0 Å². The molecule has 1 N–H and O–H groups in total. The Morgan fingerprint density at radius 3 is 2.10 bits per heavy atom. The molecule has 0 atom stereocenters. The van der Waals surface area contributed by atoms with Gasteiger partial charge >= 0.3 is 9.28 Å². The van der Waals surface area contributed by atoms with Crippen molar-refractivity contribution in [2.45, 2.75) is 44.6 Å². The molecule has 0 aliphatic rings. The molecule has 1 aromatic rings. The third kappa shape index (κ3) is 8.35. The van der Waals surface area contributed by atoms with E-state index in [1.165, 1.54) is 44.2 Å². The molecule has 0 saturated carbocycles. The quantitative estimate of drug-likeness (QED) is 0.468. The molecule has 0 fully saturated rings. The number of nitrogens with one attached hydrogen (secondary N) is 1. The summed E-state index contributed by atoms with van der Waals surface area (Å²) in [6, 6.07) is 11.6. The first-order valence-electron chi connectivity index (χ1n) is 7.71. The molecule has 114 valence electrons. The molecule has 0 heterocycles. The van der Waals surface area contributed by atoms with Crippen molar-refractivity contribution in [2.75, 3.05) is 26.1 Å². The van der Waals surface area contributed by atoms with Crippen LogP contribution in [0.15, 0.2) is 30.3 Å². The third-order valence-corrected chi connectivity index (χ3v) is 5.43. The highest BCUT2D eigenvalue weighted by molar-refractivity contribution is 6.44. The van der Waals surface area contributed by atoms with Crippen LogP contribution in [0, 0.1) is 0 Å². The molecule has 0 radical (unpaired) electrons. The molecular formula is C16H29NO2Si. The van der Waals surface area contributed by atoms with Gasteiger partial charge in [0.2, 0.25) is 0 Å². The topological polar surface area (TPSA) is 30.5 Å². The summed E-state index contributed by atoms with van der Waals surface area (Å²) in [7, 11) is 2.22. The fourth-order valence-corrected chi connectivity index (χ4v) is 3.55. The first kappa shape index (κ1) is 17.2. The SMILES string of the molecule is CO[SiH](CCCCCCCCNc1ccccc1)OC. The van der Waals surface area contributed by atoms with Gasteiger partial charge in [0.25, 0.3) is 0 Å². The monoisotopic (exact) mass is 295 g/mol. The largest absolute Gasteiger partial charge is 0.400 e. The fraction of sp³-hybridized carbons (Fsp3) is 0.625. The predicted molar refractivity (Wildman–Crippen MR) is 88.6 cm³/mol. The van der Waals surface area contributed by atoms with E-state index in [-0.39, 0.29) is 0 Å². The highest BCUT2D eigenvalue weighted by Gasteiger charge is 2.07. The first-order valence-corrected chi connectivity index (χ1v) is 9.47. The van der Waals surface area contributed by atoms with Gasteiger partial charge in [-0.2, -0.15) is 0 Å². The number of unbranched alkanes of at least 4 members (excludes halogenated alkanes) is 5. The molecule has 3 nitrogen and oxygen atoms in total. The van der Waals surface area contributed by atoms with E-state index in [2.05, 4.69) is 29.6 Å². The van der Waals surface area contributed by atoms with Crippen LogP contribution in [-0.2, 0) is 8.85 Å². The number of hydrogen-bond donors (Lipinski definition) is 1. The Hall–Kier alpha value is -0.843.